The molecule has 1 aromatic heterocycles. The van der Waals surface area contributed by atoms with E-state index in [0.29, 0.717) is 5.56 Å². The Kier molecular flexibility index (Phi) is 3.88. The van der Waals surface area contributed by atoms with E-state index in [-0.39, 0.29) is 12.6 Å². The van der Waals surface area contributed by atoms with Gasteiger partial charge in [-0.2, -0.15) is 5.26 Å². The molecule has 3 rings (SSSR count). The van der Waals surface area contributed by atoms with Crippen molar-refractivity contribution in [3.8, 4) is 6.07 Å². The minimum absolute atomic E-state index is 0.108. The zero-order valence-corrected chi connectivity index (χ0v) is 11.8. The molecule has 20 heavy (non-hydrogen) atoms. The lowest BCUT2D eigenvalue weighted by atomic mass is 10.1. The van der Waals surface area contributed by atoms with Crippen molar-refractivity contribution < 1.29 is 5.11 Å². The largest absolute Gasteiger partial charge is 0.394 e. The molecule has 1 N–H and O–H groups in total. The van der Waals surface area contributed by atoms with Gasteiger partial charge in [-0.15, -0.1) is 0 Å². The summed E-state index contributed by atoms with van der Waals surface area (Å²) in [4.78, 5) is 6.95. The number of nitriles is 1. The van der Waals surface area contributed by atoms with E-state index in [0.717, 1.165) is 56.6 Å². The van der Waals surface area contributed by atoms with E-state index >= 15 is 0 Å². The number of aliphatic hydroxyl groups is 1. The van der Waals surface area contributed by atoms with E-state index in [1.165, 1.54) is 12.0 Å². The van der Waals surface area contributed by atoms with Gasteiger partial charge in [-0.3, -0.25) is 0 Å². The van der Waals surface area contributed by atoms with Crippen molar-refractivity contribution in [2.24, 2.45) is 0 Å². The fourth-order valence-electron chi connectivity index (χ4n) is 3.41. The van der Waals surface area contributed by atoms with Crippen LogP contribution < -0.4 is 4.90 Å². The molecule has 1 aliphatic carbocycles. The molecule has 4 heteroatoms. The summed E-state index contributed by atoms with van der Waals surface area (Å²) in [5.74, 6) is 0.800. The van der Waals surface area contributed by atoms with E-state index in [2.05, 4.69) is 11.0 Å². The highest BCUT2D eigenvalue weighted by Crippen LogP contribution is 2.30. The summed E-state index contributed by atoms with van der Waals surface area (Å²) in [6.07, 6.45) is 7.64. The second-order valence-corrected chi connectivity index (χ2v) is 5.81. The zero-order chi connectivity index (χ0) is 13.9. The molecular formula is C16H21N3O. The first-order valence-corrected chi connectivity index (χ1v) is 7.64. The first-order chi connectivity index (χ1) is 9.83. The summed E-state index contributed by atoms with van der Waals surface area (Å²) in [5, 5.41) is 19.1. The minimum atomic E-state index is 0.108. The van der Waals surface area contributed by atoms with E-state index < -0.39 is 0 Å². The van der Waals surface area contributed by atoms with Crippen LogP contribution in [0, 0.1) is 11.3 Å². The van der Waals surface area contributed by atoms with Gasteiger partial charge in [0.05, 0.1) is 18.2 Å². The fraction of sp³-hybridized carbons (Fsp3) is 0.625. The second-order valence-electron chi connectivity index (χ2n) is 5.81. The van der Waals surface area contributed by atoms with Gasteiger partial charge in [0.1, 0.15) is 11.9 Å². The van der Waals surface area contributed by atoms with Crippen LogP contribution in [0.3, 0.4) is 0 Å². The van der Waals surface area contributed by atoms with Crippen molar-refractivity contribution >= 4 is 5.82 Å². The number of hydrogen-bond donors (Lipinski definition) is 1. The maximum Gasteiger partial charge on any atom is 0.147 e. The highest BCUT2D eigenvalue weighted by molar-refractivity contribution is 5.57. The predicted molar refractivity (Wildman–Crippen MR) is 77.7 cm³/mol. The second kappa shape index (κ2) is 5.80. The number of fused-ring (bicyclic) bond motifs is 1. The monoisotopic (exact) mass is 271 g/mol. The van der Waals surface area contributed by atoms with Crippen LogP contribution in [0.4, 0.5) is 5.82 Å². The Bertz CT molecular complexity index is 535. The van der Waals surface area contributed by atoms with Gasteiger partial charge >= 0.3 is 0 Å². The predicted octanol–water partition coefficient (Wildman–Crippen LogP) is 2.18. The maximum atomic E-state index is 9.65. The standard InChI is InChI=1S/C16H21N3O/c17-10-13-9-12-5-4-7-15(12)18-16(13)19-8-3-1-2-6-14(19)11-20/h9,14,20H,1-8,11H2. The Balaban J connectivity index is 2.01. The third-order valence-corrected chi connectivity index (χ3v) is 4.51. The molecule has 4 nitrogen and oxygen atoms in total. The molecule has 0 aromatic carbocycles. The van der Waals surface area contributed by atoms with Crippen molar-refractivity contribution in [3.63, 3.8) is 0 Å². The van der Waals surface area contributed by atoms with E-state index in [1.54, 1.807) is 0 Å². The summed E-state index contributed by atoms with van der Waals surface area (Å²) in [6.45, 7) is 1.04. The minimum Gasteiger partial charge on any atom is -0.394 e. The summed E-state index contributed by atoms with van der Waals surface area (Å²) >= 11 is 0. The van der Waals surface area contributed by atoms with Crippen molar-refractivity contribution in [2.75, 3.05) is 18.1 Å². The lowest BCUT2D eigenvalue weighted by molar-refractivity contribution is 0.254. The number of hydrogen-bond acceptors (Lipinski definition) is 4. The summed E-state index contributed by atoms with van der Waals surface area (Å²) in [7, 11) is 0. The zero-order valence-electron chi connectivity index (χ0n) is 11.8. The van der Waals surface area contributed by atoms with Crippen molar-refractivity contribution in [2.45, 2.75) is 51.0 Å². The number of aliphatic hydroxyl groups excluding tert-OH is 1. The van der Waals surface area contributed by atoms with Crippen molar-refractivity contribution in [1.29, 1.82) is 5.26 Å². The third kappa shape index (κ3) is 2.38. The first kappa shape index (κ1) is 13.4. The van der Waals surface area contributed by atoms with Crippen LogP contribution in [0.2, 0.25) is 0 Å². The van der Waals surface area contributed by atoms with Gasteiger partial charge in [0.25, 0.3) is 0 Å². The molecule has 1 aliphatic heterocycles. The van der Waals surface area contributed by atoms with Crippen LogP contribution >= 0.6 is 0 Å². The molecule has 0 amide bonds. The molecule has 0 radical (unpaired) electrons. The highest BCUT2D eigenvalue weighted by Gasteiger charge is 2.26. The average molecular weight is 271 g/mol. The molecule has 1 fully saturated rings. The number of pyridine rings is 1. The molecule has 106 valence electrons. The SMILES string of the molecule is N#Cc1cc2c(nc1N1CCCCCC1CO)CCC2. The molecule has 2 aliphatic rings. The Morgan fingerprint density at radius 1 is 1.30 bits per heavy atom. The Morgan fingerprint density at radius 3 is 3.00 bits per heavy atom. The van der Waals surface area contributed by atoms with Crippen molar-refractivity contribution in [3.05, 3.63) is 22.9 Å². The Hall–Kier alpha value is -1.60. The normalized spacial score (nSPS) is 22.2. The van der Waals surface area contributed by atoms with Gasteiger partial charge in [0.2, 0.25) is 0 Å². The summed E-state index contributed by atoms with van der Waals surface area (Å²) in [5.41, 5.74) is 3.06. The van der Waals surface area contributed by atoms with E-state index in [1.807, 2.05) is 6.07 Å². The number of aryl methyl sites for hydroxylation is 2. The number of aromatic nitrogens is 1. The molecule has 1 unspecified atom stereocenters. The molecule has 2 heterocycles. The highest BCUT2D eigenvalue weighted by atomic mass is 16.3. The number of anilines is 1. The number of nitrogens with zero attached hydrogens (tertiary/aromatic N) is 3. The van der Waals surface area contributed by atoms with Gasteiger partial charge in [-0.25, -0.2) is 4.98 Å². The smallest absolute Gasteiger partial charge is 0.147 e. The van der Waals surface area contributed by atoms with Gasteiger partial charge in [0.15, 0.2) is 0 Å². The van der Waals surface area contributed by atoms with Gasteiger partial charge in [0, 0.05) is 12.2 Å². The molecule has 0 saturated carbocycles. The molecule has 1 atom stereocenters. The molecule has 0 bridgehead atoms. The van der Waals surface area contributed by atoms with Crippen LogP contribution in [-0.4, -0.2) is 29.3 Å². The van der Waals surface area contributed by atoms with Crippen LogP contribution in [0.5, 0.6) is 0 Å². The summed E-state index contributed by atoms with van der Waals surface area (Å²) in [6, 6.07) is 4.43. The molecule has 1 saturated heterocycles. The molecule has 1 aromatic rings. The number of rotatable bonds is 2. The summed E-state index contributed by atoms with van der Waals surface area (Å²) < 4.78 is 0. The van der Waals surface area contributed by atoms with E-state index in [4.69, 9.17) is 4.98 Å². The first-order valence-electron chi connectivity index (χ1n) is 7.64. The van der Waals surface area contributed by atoms with Crippen LogP contribution in [0.15, 0.2) is 6.07 Å². The molecule has 0 spiro atoms. The van der Waals surface area contributed by atoms with Gasteiger partial charge in [-0.05, 0) is 43.7 Å². The van der Waals surface area contributed by atoms with Crippen LogP contribution in [0.1, 0.15) is 48.9 Å². The maximum absolute atomic E-state index is 9.65. The average Bonchev–Trinajstić information content (AvgIpc) is 2.80. The van der Waals surface area contributed by atoms with Gasteiger partial charge < -0.3 is 10.0 Å². The van der Waals surface area contributed by atoms with Crippen LogP contribution in [-0.2, 0) is 12.8 Å². The van der Waals surface area contributed by atoms with Crippen LogP contribution in [0.25, 0.3) is 0 Å². The fourth-order valence-corrected chi connectivity index (χ4v) is 3.41. The van der Waals surface area contributed by atoms with Gasteiger partial charge in [-0.1, -0.05) is 12.8 Å². The topological polar surface area (TPSA) is 60.2 Å². The van der Waals surface area contributed by atoms with Crippen molar-refractivity contribution in [1.82, 2.24) is 4.98 Å². The molecular weight excluding hydrogens is 250 g/mol. The lowest BCUT2D eigenvalue weighted by Crippen LogP contribution is -2.38. The quantitative estimate of drug-likeness (QED) is 0.895. The lowest BCUT2D eigenvalue weighted by Gasteiger charge is -2.30. The Morgan fingerprint density at radius 2 is 2.20 bits per heavy atom. The van der Waals surface area contributed by atoms with E-state index in [9.17, 15) is 10.4 Å². The Labute approximate surface area is 120 Å². The third-order valence-electron chi connectivity index (χ3n) is 4.51.